The average Bonchev–Trinajstić information content (AvgIpc) is 2.88. The predicted molar refractivity (Wildman–Crippen MR) is 81.6 cm³/mol. The van der Waals surface area contributed by atoms with E-state index in [1.165, 1.54) is 38.5 Å². The average molecular weight is 269 g/mol. The molecule has 1 saturated carbocycles. The summed E-state index contributed by atoms with van der Waals surface area (Å²) < 4.78 is 5.13. The Balaban J connectivity index is 2.22. The molecule has 4 nitrogen and oxygen atoms in total. The van der Waals surface area contributed by atoms with Crippen LogP contribution in [0.15, 0.2) is 4.99 Å². The van der Waals surface area contributed by atoms with Crippen LogP contribution in [0.3, 0.4) is 0 Å². The predicted octanol–water partition coefficient (Wildman–Crippen LogP) is 2.55. The molecule has 0 bridgehead atoms. The quantitative estimate of drug-likeness (QED) is 0.404. The number of nitrogens with zero attached hydrogens (tertiary/aromatic N) is 1. The lowest BCUT2D eigenvalue weighted by atomic mass is 10.0. The highest BCUT2D eigenvalue weighted by Gasteiger charge is 2.13. The smallest absolute Gasteiger partial charge is 0.191 e. The Kier molecular flexibility index (Phi) is 8.63. The van der Waals surface area contributed by atoms with Crippen LogP contribution in [0.4, 0.5) is 0 Å². The lowest BCUT2D eigenvalue weighted by Crippen LogP contribution is -2.44. The molecule has 1 aliphatic carbocycles. The standard InChI is InChI=1S/C15H31N3O/c1-4-16-15(18-13(2)12-19-3)17-11-7-10-14-8-5-6-9-14/h13-14H,4-12H2,1-3H3,(H2,16,17,18). The van der Waals surface area contributed by atoms with E-state index >= 15 is 0 Å². The summed E-state index contributed by atoms with van der Waals surface area (Å²) in [4.78, 5) is 4.64. The molecule has 1 fully saturated rings. The van der Waals surface area contributed by atoms with Crippen LogP contribution in [-0.4, -0.2) is 38.8 Å². The number of guanidine groups is 1. The fourth-order valence-electron chi connectivity index (χ4n) is 2.71. The van der Waals surface area contributed by atoms with Crippen molar-refractivity contribution >= 4 is 5.96 Å². The molecule has 1 atom stereocenters. The summed E-state index contributed by atoms with van der Waals surface area (Å²) >= 11 is 0. The molecule has 112 valence electrons. The van der Waals surface area contributed by atoms with Crippen LogP contribution in [0, 0.1) is 5.92 Å². The summed E-state index contributed by atoms with van der Waals surface area (Å²) in [6, 6.07) is 0.289. The number of hydrogen-bond acceptors (Lipinski definition) is 2. The van der Waals surface area contributed by atoms with Crippen molar-refractivity contribution in [2.75, 3.05) is 26.8 Å². The van der Waals surface area contributed by atoms with Crippen molar-refractivity contribution in [3.63, 3.8) is 0 Å². The molecule has 0 heterocycles. The lowest BCUT2D eigenvalue weighted by Gasteiger charge is -2.17. The van der Waals surface area contributed by atoms with Crippen LogP contribution in [0.25, 0.3) is 0 Å². The molecule has 2 N–H and O–H groups in total. The Hall–Kier alpha value is -0.770. The van der Waals surface area contributed by atoms with Gasteiger partial charge in [-0.1, -0.05) is 25.7 Å². The van der Waals surface area contributed by atoms with Crippen molar-refractivity contribution in [2.45, 2.75) is 58.4 Å². The number of nitrogens with one attached hydrogen (secondary N) is 2. The van der Waals surface area contributed by atoms with Crippen LogP contribution in [0.2, 0.25) is 0 Å². The van der Waals surface area contributed by atoms with Gasteiger partial charge in [0.15, 0.2) is 5.96 Å². The summed E-state index contributed by atoms with van der Waals surface area (Å²) in [5.74, 6) is 1.89. The summed E-state index contributed by atoms with van der Waals surface area (Å²) in [7, 11) is 1.73. The first-order valence-corrected chi connectivity index (χ1v) is 7.80. The number of aliphatic imine (C=N–C) groups is 1. The second-order valence-corrected chi connectivity index (χ2v) is 5.55. The molecule has 19 heavy (non-hydrogen) atoms. The zero-order chi connectivity index (χ0) is 13.9. The summed E-state index contributed by atoms with van der Waals surface area (Å²) in [6.45, 7) is 6.72. The van der Waals surface area contributed by atoms with Crippen LogP contribution in [0.5, 0.6) is 0 Å². The zero-order valence-corrected chi connectivity index (χ0v) is 12.9. The maximum atomic E-state index is 5.13. The van der Waals surface area contributed by atoms with Crippen molar-refractivity contribution in [3.05, 3.63) is 0 Å². The third-order valence-corrected chi connectivity index (χ3v) is 3.66. The van der Waals surface area contributed by atoms with Gasteiger partial charge in [-0.3, -0.25) is 4.99 Å². The van der Waals surface area contributed by atoms with Gasteiger partial charge >= 0.3 is 0 Å². The van der Waals surface area contributed by atoms with Gasteiger partial charge in [0, 0.05) is 26.2 Å². The van der Waals surface area contributed by atoms with E-state index in [9.17, 15) is 0 Å². The van der Waals surface area contributed by atoms with Crippen molar-refractivity contribution in [1.82, 2.24) is 10.6 Å². The first-order valence-electron chi connectivity index (χ1n) is 7.80. The Morgan fingerprint density at radius 3 is 2.74 bits per heavy atom. The second-order valence-electron chi connectivity index (χ2n) is 5.55. The minimum absolute atomic E-state index is 0.289. The Morgan fingerprint density at radius 1 is 1.37 bits per heavy atom. The molecule has 0 radical (unpaired) electrons. The van der Waals surface area contributed by atoms with Gasteiger partial charge in [0.2, 0.25) is 0 Å². The highest BCUT2D eigenvalue weighted by Crippen LogP contribution is 2.28. The van der Waals surface area contributed by atoms with E-state index in [0.29, 0.717) is 6.61 Å². The van der Waals surface area contributed by atoms with E-state index in [0.717, 1.165) is 25.0 Å². The molecule has 1 unspecified atom stereocenters. The van der Waals surface area contributed by atoms with Gasteiger partial charge in [0.1, 0.15) is 0 Å². The molecule has 0 aromatic rings. The monoisotopic (exact) mass is 269 g/mol. The SMILES string of the molecule is CCNC(=NCCCC1CCCC1)NC(C)COC. The molecule has 1 aliphatic rings. The second kappa shape index (κ2) is 10.1. The van der Waals surface area contributed by atoms with Crippen molar-refractivity contribution in [2.24, 2.45) is 10.9 Å². The molecule has 0 amide bonds. The number of ether oxygens (including phenoxy) is 1. The van der Waals surface area contributed by atoms with E-state index < -0.39 is 0 Å². The topological polar surface area (TPSA) is 45.7 Å². The molecule has 0 saturated heterocycles. The van der Waals surface area contributed by atoms with Crippen LogP contribution in [-0.2, 0) is 4.74 Å². The molecule has 1 rings (SSSR count). The van der Waals surface area contributed by atoms with Crippen LogP contribution >= 0.6 is 0 Å². The first kappa shape index (κ1) is 16.3. The maximum Gasteiger partial charge on any atom is 0.191 e. The third-order valence-electron chi connectivity index (χ3n) is 3.66. The van der Waals surface area contributed by atoms with Crippen molar-refractivity contribution in [3.8, 4) is 0 Å². The minimum Gasteiger partial charge on any atom is -0.383 e. The van der Waals surface area contributed by atoms with Gasteiger partial charge < -0.3 is 15.4 Å². The van der Waals surface area contributed by atoms with Crippen molar-refractivity contribution in [1.29, 1.82) is 0 Å². The largest absolute Gasteiger partial charge is 0.383 e. The summed E-state index contributed by atoms with van der Waals surface area (Å²) in [6.07, 6.45) is 8.30. The van der Waals surface area contributed by atoms with Gasteiger partial charge in [-0.15, -0.1) is 0 Å². The fourth-order valence-corrected chi connectivity index (χ4v) is 2.71. The third kappa shape index (κ3) is 7.41. The molecular weight excluding hydrogens is 238 g/mol. The van der Waals surface area contributed by atoms with Crippen LogP contribution in [0.1, 0.15) is 52.4 Å². The highest BCUT2D eigenvalue weighted by atomic mass is 16.5. The van der Waals surface area contributed by atoms with E-state index in [-0.39, 0.29) is 6.04 Å². The zero-order valence-electron chi connectivity index (χ0n) is 12.9. The van der Waals surface area contributed by atoms with Crippen molar-refractivity contribution < 1.29 is 4.74 Å². The summed E-state index contributed by atoms with van der Waals surface area (Å²) in [5, 5.41) is 6.64. The molecule has 0 aliphatic heterocycles. The van der Waals surface area contributed by atoms with Gasteiger partial charge in [-0.25, -0.2) is 0 Å². The van der Waals surface area contributed by atoms with E-state index in [4.69, 9.17) is 4.74 Å². The number of rotatable bonds is 8. The Morgan fingerprint density at radius 2 is 2.11 bits per heavy atom. The molecule has 0 aromatic carbocycles. The van der Waals surface area contributed by atoms with E-state index in [1.807, 2.05) is 0 Å². The number of hydrogen-bond donors (Lipinski definition) is 2. The van der Waals surface area contributed by atoms with Gasteiger partial charge in [0.25, 0.3) is 0 Å². The molecular formula is C15H31N3O. The maximum absolute atomic E-state index is 5.13. The normalized spacial score (nSPS) is 18.6. The summed E-state index contributed by atoms with van der Waals surface area (Å²) in [5.41, 5.74) is 0. The molecule has 4 heteroatoms. The Bertz CT molecular complexity index is 250. The minimum atomic E-state index is 0.289. The van der Waals surface area contributed by atoms with E-state index in [1.54, 1.807) is 7.11 Å². The molecule has 0 spiro atoms. The highest BCUT2D eigenvalue weighted by molar-refractivity contribution is 5.80. The first-order chi connectivity index (χ1) is 9.26. The Labute approximate surface area is 118 Å². The fraction of sp³-hybridized carbons (Fsp3) is 0.933. The van der Waals surface area contributed by atoms with E-state index in [2.05, 4.69) is 29.5 Å². The van der Waals surface area contributed by atoms with Gasteiger partial charge in [-0.2, -0.15) is 0 Å². The lowest BCUT2D eigenvalue weighted by molar-refractivity contribution is 0.179. The van der Waals surface area contributed by atoms with Gasteiger partial charge in [-0.05, 0) is 32.6 Å². The molecule has 0 aromatic heterocycles. The number of methoxy groups -OCH3 is 1. The van der Waals surface area contributed by atoms with Crippen LogP contribution < -0.4 is 10.6 Å². The van der Waals surface area contributed by atoms with Gasteiger partial charge in [0.05, 0.1) is 6.61 Å².